The summed E-state index contributed by atoms with van der Waals surface area (Å²) < 4.78 is 13.1. The van der Waals surface area contributed by atoms with Crippen molar-refractivity contribution in [3.8, 4) is 11.5 Å². The zero-order chi connectivity index (χ0) is 21.7. The fourth-order valence-corrected chi connectivity index (χ4v) is 5.61. The molecular weight excluding hydrogens is 464 g/mol. The summed E-state index contributed by atoms with van der Waals surface area (Å²) in [5, 5.41) is 1.34. The van der Waals surface area contributed by atoms with Gasteiger partial charge in [-0.3, -0.25) is 4.90 Å². The monoisotopic (exact) mass is 488 g/mol. The second-order valence-electron chi connectivity index (χ2n) is 8.69. The van der Waals surface area contributed by atoms with E-state index in [2.05, 4.69) is 68.3 Å². The SMILES string of the molecule is COc1cc2c(cc1OCc1ccccc1)CCN1Cc3[nH]c4cc(Br)ccc4c3CC21. The molecule has 0 spiro atoms. The Balaban J connectivity index is 1.33. The summed E-state index contributed by atoms with van der Waals surface area (Å²) in [6.45, 7) is 2.56. The lowest BCUT2D eigenvalue weighted by molar-refractivity contribution is 0.158. The molecule has 32 heavy (non-hydrogen) atoms. The first kappa shape index (κ1) is 19.9. The molecular formula is C27H25BrN2O2. The number of fused-ring (bicyclic) bond motifs is 6. The number of nitrogens with zero attached hydrogens (tertiary/aromatic N) is 1. The summed E-state index contributed by atoms with van der Waals surface area (Å²) >= 11 is 3.60. The third-order valence-corrected chi connectivity index (χ3v) is 7.34. The van der Waals surface area contributed by atoms with E-state index in [0.717, 1.165) is 47.5 Å². The quantitative estimate of drug-likeness (QED) is 0.373. The molecule has 0 aliphatic carbocycles. The van der Waals surface area contributed by atoms with Crippen LogP contribution in [-0.4, -0.2) is 23.5 Å². The highest BCUT2D eigenvalue weighted by Gasteiger charge is 2.34. The molecule has 1 unspecified atom stereocenters. The van der Waals surface area contributed by atoms with Crippen molar-refractivity contribution in [3.05, 3.63) is 93.1 Å². The molecule has 2 aliphatic rings. The maximum Gasteiger partial charge on any atom is 0.161 e. The molecule has 1 aromatic heterocycles. The van der Waals surface area contributed by atoms with Gasteiger partial charge >= 0.3 is 0 Å². The number of nitrogens with one attached hydrogen (secondary N) is 1. The largest absolute Gasteiger partial charge is 0.493 e. The highest BCUT2D eigenvalue weighted by atomic mass is 79.9. The molecule has 1 N–H and O–H groups in total. The molecule has 5 heteroatoms. The highest BCUT2D eigenvalue weighted by Crippen LogP contribution is 2.44. The van der Waals surface area contributed by atoms with E-state index >= 15 is 0 Å². The van der Waals surface area contributed by atoms with Crippen LogP contribution >= 0.6 is 15.9 Å². The average Bonchev–Trinajstić information content (AvgIpc) is 3.17. The lowest BCUT2D eigenvalue weighted by Crippen LogP contribution is -2.39. The number of halogens is 1. The second kappa shape index (κ2) is 7.98. The maximum atomic E-state index is 6.18. The van der Waals surface area contributed by atoms with Crippen molar-refractivity contribution in [2.75, 3.05) is 13.7 Å². The molecule has 0 amide bonds. The van der Waals surface area contributed by atoms with E-state index in [9.17, 15) is 0 Å². The van der Waals surface area contributed by atoms with Gasteiger partial charge in [-0.15, -0.1) is 0 Å². The van der Waals surface area contributed by atoms with Crippen LogP contribution in [0.1, 0.15) is 34.0 Å². The molecule has 4 aromatic rings. The fourth-order valence-electron chi connectivity index (χ4n) is 5.25. The van der Waals surface area contributed by atoms with Gasteiger partial charge in [0, 0.05) is 40.2 Å². The smallest absolute Gasteiger partial charge is 0.161 e. The van der Waals surface area contributed by atoms with Crippen molar-refractivity contribution in [2.24, 2.45) is 0 Å². The van der Waals surface area contributed by atoms with Gasteiger partial charge in [0.05, 0.1) is 7.11 Å². The Kier molecular flexibility index (Phi) is 4.96. The lowest BCUT2D eigenvalue weighted by atomic mass is 9.85. The van der Waals surface area contributed by atoms with Crippen LogP contribution < -0.4 is 9.47 Å². The van der Waals surface area contributed by atoms with E-state index in [1.54, 1.807) is 7.11 Å². The molecule has 0 bridgehead atoms. The number of aromatic amines is 1. The summed E-state index contributed by atoms with van der Waals surface area (Å²) in [5.74, 6) is 1.65. The van der Waals surface area contributed by atoms with Crippen molar-refractivity contribution in [3.63, 3.8) is 0 Å². The zero-order valence-electron chi connectivity index (χ0n) is 18.0. The van der Waals surface area contributed by atoms with E-state index in [0.29, 0.717) is 12.6 Å². The number of H-pyrrole nitrogens is 1. The first-order valence-electron chi connectivity index (χ1n) is 11.1. The Morgan fingerprint density at radius 3 is 2.78 bits per heavy atom. The molecule has 162 valence electrons. The van der Waals surface area contributed by atoms with Crippen LogP contribution in [0.15, 0.2) is 65.1 Å². The van der Waals surface area contributed by atoms with Gasteiger partial charge in [0.25, 0.3) is 0 Å². The topological polar surface area (TPSA) is 37.5 Å². The van der Waals surface area contributed by atoms with Gasteiger partial charge in [-0.25, -0.2) is 0 Å². The van der Waals surface area contributed by atoms with Crippen LogP contribution in [0.5, 0.6) is 11.5 Å². The van der Waals surface area contributed by atoms with Crippen LogP contribution in [-0.2, 0) is 26.0 Å². The molecule has 0 fully saturated rings. The molecule has 0 saturated heterocycles. The number of hydrogen-bond acceptors (Lipinski definition) is 3. The molecule has 0 saturated carbocycles. The average molecular weight is 489 g/mol. The van der Waals surface area contributed by atoms with E-state index in [1.165, 1.54) is 33.3 Å². The number of rotatable bonds is 4. The minimum atomic E-state index is 0.367. The van der Waals surface area contributed by atoms with Gasteiger partial charge in [0.2, 0.25) is 0 Å². The third kappa shape index (κ3) is 3.40. The summed E-state index contributed by atoms with van der Waals surface area (Å²) in [7, 11) is 1.73. The molecule has 3 aromatic carbocycles. The number of ether oxygens (including phenoxy) is 2. The van der Waals surface area contributed by atoms with Crippen LogP contribution in [0, 0.1) is 0 Å². The number of aromatic nitrogens is 1. The molecule has 2 aliphatic heterocycles. The van der Waals surface area contributed by atoms with E-state index in [-0.39, 0.29) is 0 Å². The van der Waals surface area contributed by atoms with Gasteiger partial charge in [0.15, 0.2) is 11.5 Å². The second-order valence-corrected chi connectivity index (χ2v) is 9.60. The number of hydrogen-bond donors (Lipinski definition) is 1. The van der Waals surface area contributed by atoms with Crippen molar-refractivity contribution < 1.29 is 9.47 Å². The molecule has 3 heterocycles. The number of benzene rings is 3. The van der Waals surface area contributed by atoms with Crippen LogP contribution in [0.25, 0.3) is 10.9 Å². The Labute approximate surface area is 196 Å². The Morgan fingerprint density at radius 1 is 1.06 bits per heavy atom. The van der Waals surface area contributed by atoms with Crippen molar-refractivity contribution in [1.29, 1.82) is 0 Å². The van der Waals surface area contributed by atoms with Gasteiger partial charge < -0.3 is 14.5 Å². The fraction of sp³-hybridized carbons (Fsp3) is 0.259. The van der Waals surface area contributed by atoms with E-state index in [4.69, 9.17) is 9.47 Å². The maximum absolute atomic E-state index is 6.18. The van der Waals surface area contributed by atoms with Crippen molar-refractivity contribution >= 4 is 26.8 Å². The first-order chi connectivity index (χ1) is 15.7. The molecule has 0 radical (unpaired) electrons. The molecule has 4 nitrogen and oxygen atoms in total. The lowest BCUT2D eigenvalue weighted by Gasteiger charge is -2.40. The highest BCUT2D eigenvalue weighted by molar-refractivity contribution is 9.10. The van der Waals surface area contributed by atoms with Gasteiger partial charge in [-0.1, -0.05) is 52.3 Å². The van der Waals surface area contributed by atoms with Crippen LogP contribution in [0.4, 0.5) is 0 Å². The summed E-state index contributed by atoms with van der Waals surface area (Å²) in [4.78, 5) is 6.26. The molecule has 6 rings (SSSR count). The van der Waals surface area contributed by atoms with E-state index in [1.807, 2.05) is 18.2 Å². The van der Waals surface area contributed by atoms with Gasteiger partial charge in [-0.2, -0.15) is 0 Å². The standard InChI is InChI=1S/C27H25BrN2O2/c1-31-26-14-21-18(11-27(26)32-16-17-5-3-2-4-6-17)9-10-30-15-24-22(13-25(21)30)20-8-7-19(28)12-23(20)29-24/h2-8,11-12,14,25,29H,9-10,13,15-16H2,1H3. The van der Waals surface area contributed by atoms with Crippen LogP contribution in [0.3, 0.4) is 0 Å². The summed E-state index contributed by atoms with van der Waals surface area (Å²) in [6.07, 6.45) is 2.04. The normalized spacial score (nSPS) is 17.5. The third-order valence-electron chi connectivity index (χ3n) is 6.85. The summed E-state index contributed by atoms with van der Waals surface area (Å²) in [5.41, 5.74) is 7.92. The Bertz CT molecular complexity index is 1300. The first-order valence-corrected chi connectivity index (χ1v) is 11.9. The Hall–Kier alpha value is -2.76. The summed E-state index contributed by atoms with van der Waals surface area (Å²) in [6, 6.07) is 21.6. The molecule has 1 atom stereocenters. The Morgan fingerprint density at radius 2 is 1.94 bits per heavy atom. The minimum absolute atomic E-state index is 0.367. The van der Waals surface area contributed by atoms with Gasteiger partial charge in [0.1, 0.15) is 6.61 Å². The van der Waals surface area contributed by atoms with Crippen molar-refractivity contribution in [2.45, 2.75) is 32.0 Å². The predicted molar refractivity (Wildman–Crippen MR) is 130 cm³/mol. The minimum Gasteiger partial charge on any atom is -0.493 e. The zero-order valence-corrected chi connectivity index (χ0v) is 19.6. The van der Waals surface area contributed by atoms with Crippen LogP contribution in [0.2, 0.25) is 0 Å². The van der Waals surface area contributed by atoms with E-state index < -0.39 is 0 Å². The van der Waals surface area contributed by atoms with Crippen molar-refractivity contribution in [1.82, 2.24) is 9.88 Å². The predicted octanol–water partition coefficient (Wildman–Crippen LogP) is 6.17. The van der Waals surface area contributed by atoms with Gasteiger partial charge in [-0.05, 0) is 59.4 Å². The number of methoxy groups -OCH3 is 1.